The molecule has 2 amide bonds. The van der Waals surface area contributed by atoms with E-state index in [4.69, 9.17) is 4.42 Å². The number of benzene rings is 1. The third kappa shape index (κ3) is 6.47. The van der Waals surface area contributed by atoms with Gasteiger partial charge in [0.2, 0.25) is 17.8 Å². The third-order valence-electron chi connectivity index (χ3n) is 5.80. The number of aromatic nitrogens is 2. The van der Waals surface area contributed by atoms with E-state index in [9.17, 15) is 41.0 Å². The molecular weight excluding hydrogens is 536 g/mol. The van der Waals surface area contributed by atoms with Crippen molar-refractivity contribution in [3.63, 3.8) is 0 Å². The van der Waals surface area contributed by atoms with Gasteiger partial charge in [-0.3, -0.25) is 9.59 Å². The Morgan fingerprint density at radius 2 is 1.69 bits per heavy atom. The summed E-state index contributed by atoms with van der Waals surface area (Å²) < 4.78 is 83.8. The molecule has 9 nitrogen and oxygen atoms in total. The molecule has 1 aliphatic rings. The normalized spacial score (nSPS) is 15.6. The lowest BCUT2D eigenvalue weighted by Gasteiger charge is -2.25. The van der Waals surface area contributed by atoms with Gasteiger partial charge in [-0.25, -0.2) is 9.97 Å². The summed E-state index contributed by atoms with van der Waals surface area (Å²) in [6, 6.07) is 10.6. The van der Waals surface area contributed by atoms with Gasteiger partial charge in [0.25, 0.3) is 11.8 Å². The van der Waals surface area contributed by atoms with Crippen LogP contribution in [0.1, 0.15) is 22.7 Å². The number of halogens is 6. The Labute approximate surface area is 217 Å². The van der Waals surface area contributed by atoms with Crippen molar-refractivity contribution in [3.8, 4) is 11.5 Å². The minimum Gasteiger partial charge on any atom is -0.430 e. The first-order chi connectivity index (χ1) is 18.3. The number of anilines is 2. The van der Waals surface area contributed by atoms with Crippen molar-refractivity contribution in [1.29, 1.82) is 0 Å². The molecule has 3 aromatic rings. The largest absolute Gasteiger partial charge is 0.437 e. The number of aliphatic hydroxyl groups is 1. The van der Waals surface area contributed by atoms with Gasteiger partial charge in [-0.15, -0.1) is 0 Å². The number of carbonyl (C=O) groups is 2. The number of oxazole rings is 1. The number of alkyl halides is 6. The zero-order chi connectivity index (χ0) is 28.4. The highest BCUT2D eigenvalue weighted by Gasteiger charge is 2.45. The second-order valence-electron chi connectivity index (χ2n) is 8.53. The lowest BCUT2D eigenvalue weighted by molar-refractivity contribution is -0.210. The van der Waals surface area contributed by atoms with Gasteiger partial charge in [0, 0.05) is 31.7 Å². The molecule has 208 valence electrons. The van der Waals surface area contributed by atoms with Crippen LogP contribution in [-0.4, -0.2) is 70.2 Å². The lowest BCUT2D eigenvalue weighted by Crippen LogP contribution is -2.47. The van der Waals surface area contributed by atoms with E-state index in [1.165, 1.54) is 30.5 Å². The highest BCUT2D eigenvalue weighted by atomic mass is 19.4. The van der Waals surface area contributed by atoms with Crippen LogP contribution in [0.25, 0.3) is 11.5 Å². The minimum atomic E-state index is -5.07. The van der Waals surface area contributed by atoms with Gasteiger partial charge >= 0.3 is 12.4 Å². The molecule has 1 fully saturated rings. The first-order valence-electron chi connectivity index (χ1n) is 11.5. The van der Waals surface area contributed by atoms with Crippen LogP contribution < -0.4 is 10.2 Å². The van der Waals surface area contributed by atoms with E-state index in [2.05, 4.69) is 15.3 Å². The van der Waals surface area contributed by atoms with E-state index < -0.39 is 41.7 Å². The number of amides is 2. The molecule has 39 heavy (non-hydrogen) atoms. The maximum Gasteiger partial charge on any atom is 0.437 e. The van der Waals surface area contributed by atoms with Gasteiger partial charge in [0.15, 0.2) is 5.69 Å². The maximum absolute atomic E-state index is 13.5. The van der Waals surface area contributed by atoms with E-state index in [1.54, 1.807) is 23.1 Å². The van der Waals surface area contributed by atoms with Gasteiger partial charge in [-0.05, 0) is 30.7 Å². The number of nitrogens with one attached hydrogen (secondary N) is 1. The molecule has 2 aromatic heterocycles. The number of aliphatic hydroxyl groups excluding tert-OH is 1. The second kappa shape index (κ2) is 10.9. The SMILES string of the molecule is O=C(Nc1ccc(N2CCCN(C(=O)C(O)C(F)(F)F)CC2)nc1)c1oc(-c2ccccc2)nc1C(F)(F)F. The summed E-state index contributed by atoms with van der Waals surface area (Å²) in [4.78, 5) is 34.9. The van der Waals surface area contributed by atoms with Crippen LogP contribution in [0.4, 0.5) is 37.8 Å². The summed E-state index contributed by atoms with van der Waals surface area (Å²) in [7, 11) is 0. The second-order valence-corrected chi connectivity index (χ2v) is 8.53. The van der Waals surface area contributed by atoms with Crippen molar-refractivity contribution in [2.45, 2.75) is 24.9 Å². The molecule has 1 aromatic carbocycles. The average Bonchev–Trinajstić information content (AvgIpc) is 3.22. The molecule has 0 saturated carbocycles. The van der Waals surface area contributed by atoms with Gasteiger partial charge < -0.3 is 24.6 Å². The summed E-state index contributed by atoms with van der Waals surface area (Å²) in [5.41, 5.74) is -1.18. The number of carbonyl (C=O) groups excluding carboxylic acids is 2. The van der Waals surface area contributed by atoms with Crippen LogP contribution in [0.3, 0.4) is 0 Å². The van der Waals surface area contributed by atoms with Gasteiger partial charge in [0.1, 0.15) is 5.82 Å². The van der Waals surface area contributed by atoms with Gasteiger partial charge in [-0.2, -0.15) is 26.3 Å². The Morgan fingerprint density at radius 1 is 0.974 bits per heavy atom. The molecule has 0 radical (unpaired) electrons. The summed E-state index contributed by atoms with van der Waals surface area (Å²) >= 11 is 0. The van der Waals surface area contributed by atoms with Crippen LogP contribution in [0.5, 0.6) is 0 Å². The number of rotatable bonds is 5. The molecule has 2 N–H and O–H groups in total. The number of hydrogen-bond acceptors (Lipinski definition) is 7. The molecule has 1 saturated heterocycles. The maximum atomic E-state index is 13.5. The molecule has 1 aliphatic heterocycles. The summed E-state index contributed by atoms with van der Waals surface area (Å²) in [5.74, 6) is -3.67. The highest BCUT2D eigenvalue weighted by Crippen LogP contribution is 2.35. The predicted molar refractivity (Wildman–Crippen MR) is 125 cm³/mol. The van der Waals surface area contributed by atoms with Gasteiger partial charge in [0.05, 0.1) is 11.9 Å². The van der Waals surface area contributed by atoms with Crippen molar-refractivity contribution in [1.82, 2.24) is 14.9 Å². The number of pyridine rings is 1. The van der Waals surface area contributed by atoms with Crippen LogP contribution in [0.15, 0.2) is 53.1 Å². The lowest BCUT2D eigenvalue weighted by atomic mass is 10.2. The minimum absolute atomic E-state index is 0.000303. The molecule has 1 unspecified atom stereocenters. The fraction of sp³-hybridized carbons (Fsp3) is 0.333. The van der Waals surface area contributed by atoms with E-state index >= 15 is 0 Å². The first-order valence-corrected chi connectivity index (χ1v) is 11.5. The van der Waals surface area contributed by atoms with E-state index in [0.717, 1.165) is 4.90 Å². The summed E-state index contributed by atoms with van der Waals surface area (Å²) in [6.45, 7) is 0.353. The molecule has 0 spiro atoms. The Morgan fingerprint density at radius 3 is 2.31 bits per heavy atom. The average molecular weight is 557 g/mol. The first kappa shape index (κ1) is 27.9. The van der Waals surface area contributed by atoms with Crippen LogP contribution in [0, 0.1) is 0 Å². The highest BCUT2D eigenvalue weighted by molar-refractivity contribution is 6.03. The van der Waals surface area contributed by atoms with Crippen molar-refractivity contribution < 1.29 is 45.5 Å². The fourth-order valence-electron chi connectivity index (χ4n) is 3.89. The smallest absolute Gasteiger partial charge is 0.430 e. The van der Waals surface area contributed by atoms with E-state index in [0.29, 0.717) is 18.8 Å². The Kier molecular flexibility index (Phi) is 7.81. The van der Waals surface area contributed by atoms with Crippen molar-refractivity contribution in [2.75, 3.05) is 36.4 Å². The molecule has 3 heterocycles. The molecule has 1 atom stereocenters. The zero-order valence-corrected chi connectivity index (χ0v) is 20.0. The monoisotopic (exact) mass is 557 g/mol. The quantitative estimate of drug-likeness (QED) is 0.457. The van der Waals surface area contributed by atoms with Crippen molar-refractivity contribution in [2.24, 2.45) is 0 Å². The van der Waals surface area contributed by atoms with E-state index in [1.807, 2.05) is 0 Å². The number of nitrogens with zero attached hydrogens (tertiary/aromatic N) is 4. The standard InChI is InChI=1S/C24H21F6N5O4/c25-23(26,27)18-17(39-21(33-18)14-5-2-1-3-6-14)20(37)32-15-7-8-16(31-13-15)34-9-4-10-35(12-11-34)22(38)19(36)24(28,29)30/h1-3,5-8,13,19,36H,4,9-12H2,(H,32,37). The Bertz CT molecular complexity index is 1310. The summed E-state index contributed by atoms with van der Waals surface area (Å²) in [5, 5.41) is 11.5. The molecule has 0 bridgehead atoms. The van der Waals surface area contributed by atoms with Crippen LogP contribution in [-0.2, 0) is 11.0 Å². The Hall–Kier alpha value is -4.14. The Balaban J connectivity index is 1.44. The van der Waals surface area contributed by atoms with Crippen molar-refractivity contribution >= 4 is 23.3 Å². The molecule has 15 heteroatoms. The molecule has 4 rings (SSSR count). The number of hydrogen-bond donors (Lipinski definition) is 2. The fourth-order valence-corrected chi connectivity index (χ4v) is 3.89. The molecule has 0 aliphatic carbocycles. The van der Waals surface area contributed by atoms with Crippen LogP contribution >= 0.6 is 0 Å². The van der Waals surface area contributed by atoms with E-state index in [-0.39, 0.29) is 36.8 Å². The topological polar surface area (TPSA) is 112 Å². The van der Waals surface area contributed by atoms with Gasteiger partial charge in [-0.1, -0.05) is 18.2 Å². The predicted octanol–water partition coefficient (Wildman–Crippen LogP) is 3.97. The zero-order valence-electron chi connectivity index (χ0n) is 20.0. The molecular formula is C24H21F6N5O4. The third-order valence-corrected chi connectivity index (χ3v) is 5.80. The summed E-state index contributed by atoms with van der Waals surface area (Å²) in [6.07, 6.45) is -11.6. The van der Waals surface area contributed by atoms with Crippen LogP contribution in [0.2, 0.25) is 0 Å². The van der Waals surface area contributed by atoms with Crippen molar-refractivity contribution in [3.05, 3.63) is 60.1 Å².